The standard InChI is InChI=1S/C35H31N3O5S2/c1-17-7-11-20(12-8-17)38-33(40)28-22-15-23(29(28)34(38)41)30-27(22)26(31-32(44-30)37-35(42)45-31)19-9-13-21(14-10-19)43-16-25(39)36-24-6-4-3-5-18(24)2/h3-14,22-23,26-30H,15-16H2,1-2H3,(H,36,39)(H,37,42)/t22-,23-,26-,27?,28?,29?,30?/m1/s1. The molecule has 2 aliphatic carbocycles. The van der Waals surface area contributed by atoms with E-state index in [1.807, 2.05) is 86.6 Å². The van der Waals surface area contributed by atoms with Gasteiger partial charge in [0, 0.05) is 21.7 Å². The smallest absolute Gasteiger partial charge is 0.305 e. The molecule has 0 radical (unpaired) electrons. The van der Waals surface area contributed by atoms with Gasteiger partial charge in [0.2, 0.25) is 11.8 Å². The van der Waals surface area contributed by atoms with Crippen molar-refractivity contribution in [2.24, 2.45) is 29.6 Å². The molecule has 228 valence electrons. The number of nitrogens with zero attached hydrogens (tertiary/aromatic N) is 1. The Kier molecular flexibility index (Phi) is 6.76. The fraction of sp³-hybridized carbons (Fsp3) is 0.314. The predicted molar refractivity (Wildman–Crippen MR) is 174 cm³/mol. The first-order valence-electron chi connectivity index (χ1n) is 15.2. The maximum Gasteiger partial charge on any atom is 0.305 e. The predicted octanol–water partition coefficient (Wildman–Crippen LogP) is 5.75. The third-order valence-electron chi connectivity index (χ3n) is 10.0. The molecule has 2 N–H and O–H groups in total. The maximum atomic E-state index is 13.9. The van der Waals surface area contributed by atoms with Gasteiger partial charge in [0.05, 0.1) is 22.5 Å². The highest BCUT2D eigenvalue weighted by molar-refractivity contribution is 8.00. The van der Waals surface area contributed by atoms with Crippen LogP contribution in [0.5, 0.6) is 5.75 Å². The zero-order valence-electron chi connectivity index (χ0n) is 24.7. The summed E-state index contributed by atoms with van der Waals surface area (Å²) < 4.78 is 5.82. The van der Waals surface area contributed by atoms with Crippen molar-refractivity contribution >= 4 is 52.2 Å². The molecule has 2 saturated carbocycles. The number of fused-ring (bicyclic) bond motifs is 9. The van der Waals surface area contributed by atoms with Gasteiger partial charge in [-0.25, -0.2) is 0 Å². The van der Waals surface area contributed by atoms with Gasteiger partial charge in [-0.05, 0) is 79.5 Å². The molecule has 45 heavy (non-hydrogen) atoms. The van der Waals surface area contributed by atoms with Gasteiger partial charge in [0.15, 0.2) is 6.61 Å². The van der Waals surface area contributed by atoms with E-state index in [1.165, 1.54) is 16.2 Å². The van der Waals surface area contributed by atoms with Crippen molar-refractivity contribution in [3.05, 3.63) is 104 Å². The van der Waals surface area contributed by atoms with Crippen molar-refractivity contribution < 1.29 is 19.1 Å². The minimum absolute atomic E-state index is 0.0424. The summed E-state index contributed by atoms with van der Waals surface area (Å²) in [5.74, 6) is -0.389. The number of aryl methyl sites for hydroxylation is 2. The van der Waals surface area contributed by atoms with Crippen LogP contribution in [0.1, 0.15) is 33.9 Å². The number of para-hydroxylation sites is 1. The average Bonchev–Trinajstić information content (AvgIpc) is 3.77. The first kappa shape index (κ1) is 28.3. The van der Waals surface area contributed by atoms with Crippen LogP contribution in [0, 0.1) is 43.4 Å². The van der Waals surface area contributed by atoms with Crippen LogP contribution in [-0.4, -0.2) is 34.6 Å². The van der Waals surface area contributed by atoms with E-state index in [2.05, 4.69) is 10.3 Å². The normalized spacial score (nSPS) is 27.7. The number of rotatable bonds is 6. The Morgan fingerprint density at radius 1 is 0.933 bits per heavy atom. The van der Waals surface area contributed by atoms with Gasteiger partial charge in [-0.2, -0.15) is 0 Å². The number of imide groups is 1. The van der Waals surface area contributed by atoms with E-state index in [9.17, 15) is 19.2 Å². The molecule has 8 rings (SSSR count). The van der Waals surface area contributed by atoms with E-state index in [0.717, 1.165) is 38.7 Å². The summed E-state index contributed by atoms with van der Waals surface area (Å²) in [4.78, 5) is 58.2. The van der Waals surface area contributed by atoms with Crippen molar-refractivity contribution in [2.75, 3.05) is 16.8 Å². The van der Waals surface area contributed by atoms with Gasteiger partial charge in [-0.15, -0.1) is 11.8 Å². The minimum Gasteiger partial charge on any atom is -0.484 e. The zero-order chi connectivity index (χ0) is 31.0. The van der Waals surface area contributed by atoms with Crippen molar-refractivity contribution in [3.8, 4) is 5.75 Å². The molecule has 1 saturated heterocycles. The number of H-pyrrole nitrogens is 1. The van der Waals surface area contributed by atoms with Crippen LogP contribution in [0.4, 0.5) is 11.4 Å². The Labute approximate surface area is 268 Å². The summed E-state index contributed by atoms with van der Waals surface area (Å²) in [6.07, 6.45) is 0.837. The lowest BCUT2D eigenvalue weighted by molar-refractivity contribution is -0.123. The first-order chi connectivity index (χ1) is 21.8. The van der Waals surface area contributed by atoms with Crippen LogP contribution in [0.25, 0.3) is 0 Å². The molecule has 8 nitrogen and oxygen atoms in total. The van der Waals surface area contributed by atoms with Crippen LogP contribution in [0.3, 0.4) is 0 Å². The fourth-order valence-electron chi connectivity index (χ4n) is 8.16. The number of hydrogen-bond acceptors (Lipinski definition) is 7. The van der Waals surface area contributed by atoms with Crippen molar-refractivity contribution in [2.45, 2.75) is 36.5 Å². The summed E-state index contributed by atoms with van der Waals surface area (Å²) >= 11 is 2.92. The molecule has 1 aromatic heterocycles. The number of ether oxygens (including phenoxy) is 1. The highest BCUT2D eigenvalue weighted by Gasteiger charge is 2.69. The van der Waals surface area contributed by atoms with Crippen LogP contribution < -0.4 is 19.8 Å². The molecule has 7 atom stereocenters. The second-order valence-electron chi connectivity index (χ2n) is 12.5. The number of aromatic nitrogens is 1. The summed E-state index contributed by atoms with van der Waals surface area (Å²) in [6.45, 7) is 3.80. The zero-order valence-corrected chi connectivity index (χ0v) is 26.3. The number of carbonyl (C=O) groups is 3. The van der Waals surface area contributed by atoms with Crippen molar-refractivity contribution in [1.82, 2.24) is 4.98 Å². The summed E-state index contributed by atoms with van der Waals surface area (Å²) in [5.41, 5.74) is 4.48. The maximum absolute atomic E-state index is 13.9. The molecule has 3 aromatic carbocycles. The molecule has 3 fully saturated rings. The lowest BCUT2D eigenvalue weighted by Crippen LogP contribution is -2.42. The van der Waals surface area contributed by atoms with Crippen LogP contribution >= 0.6 is 23.1 Å². The number of anilines is 2. The van der Waals surface area contributed by atoms with Gasteiger partial charge in [0.25, 0.3) is 5.91 Å². The second kappa shape index (κ2) is 10.7. The SMILES string of the molecule is Cc1ccc(N2C(=O)C3C(C2=O)[C@@H]2C[C@H]3C3Sc4[nH]c(=O)sc4[C@H](c4ccc(OCC(=O)Nc5ccccc5C)cc4)C32)cc1. The largest absolute Gasteiger partial charge is 0.484 e. The number of carbonyl (C=O) groups excluding carboxylic acids is 3. The lowest BCUT2D eigenvalue weighted by atomic mass is 9.68. The van der Waals surface area contributed by atoms with E-state index in [-0.39, 0.29) is 70.0 Å². The Bertz CT molecular complexity index is 1900. The van der Waals surface area contributed by atoms with E-state index in [1.54, 1.807) is 11.8 Å². The van der Waals surface area contributed by atoms with E-state index in [0.29, 0.717) is 11.4 Å². The van der Waals surface area contributed by atoms with Crippen LogP contribution in [0.15, 0.2) is 82.6 Å². The molecule has 4 aromatic rings. The van der Waals surface area contributed by atoms with Crippen molar-refractivity contribution in [3.63, 3.8) is 0 Å². The molecule has 2 aliphatic heterocycles. The van der Waals surface area contributed by atoms with E-state index in [4.69, 9.17) is 4.74 Å². The molecule has 3 heterocycles. The third-order valence-corrected chi connectivity index (χ3v) is 12.6. The monoisotopic (exact) mass is 637 g/mol. The van der Waals surface area contributed by atoms with Gasteiger partial charge < -0.3 is 15.0 Å². The number of thiazole rings is 1. The quantitative estimate of drug-likeness (QED) is 0.261. The Balaban J connectivity index is 1.06. The topological polar surface area (TPSA) is 109 Å². The number of hydrogen-bond donors (Lipinski definition) is 2. The summed E-state index contributed by atoms with van der Waals surface area (Å²) in [5, 5.41) is 3.88. The van der Waals surface area contributed by atoms with Gasteiger partial charge in [0.1, 0.15) is 5.75 Å². The molecule has 0 spiro atoms. The minimum atomic E-state index is -0.347. The Hall–Kier alpha value is -4.15. The van der Waals surface area contributed by atoms with Gasteiger partial charge in [-0.3, -0.25) is 24.1 Å². The molecular weight excluding hydrogens is 607 g/mol. The van der Waals surface area contributed by atoms with Gasteiger partial charge >= 0.3 is 4.87 Å². The highest BCUT2D eigenvalue weighted by atomic mass is 32.2. The molecular formula is C35H31N3O5S2. The lowest BCUT2D eigenvalue weighted by Gasteiger charge is -2.43. The molecule has 3 amide bonds. The summed E-state index contributed by atoms with van der Waals surface area (Å²) in [6, 6.07) is 22.9. The van der Waals surface area contributed by atoms with Crippen LogP contribution in [-0.2, 0) is 14.4 Å². The molecule has 10 heteroatoms. The Morgan fingerprint density at radius 2 is 1.64 bits per heavy atom. The third kappa shape index (κ3) is 4.56. The summed E-state index contributed by atoms with van der Waals surface area (Å²) in [7, 11) is 0. The molecule has 2 bridgehead atoms. The van der Waals surface area contributed by atoms with Crippen molar-refractivity contribution in [1.29, 1.82) is 0 Å². The number of thioether (sulfide) groups is 1. The number of nitrogens with one attached hydrogen (secondary N) is 2. The van der Waals surface area contributed by atoms with E-state index < -0.39 is 0 Å². The number of aromatic amines is 1. The van der Waals surface area contributed by atoms with Gasteiger partial charge in [-0.1, -0.05) is 59.4 Å². The second-order valence-corrected chi connectivity index (χ2v) is 14.7. The number of amides is 3. The van der Waals surface area contributed by atoms with E-state index >= 15 is 0 Å². The molecule has 4 aliphatic rings. The molecule has 4 unspecified atom stereocenters. The van der Waals surface area contributed by atoms with Crippen LogP contribution in [0.2, 0.25) is 0 Å². The fourth-order valence-corrected chi connectivity index (χ4v) is 11.0. The Morgan fingerprint density at radius 3 is 2.38 bits per heavy atom. The number of benzene rings is 3. The average molecular weight is 638 g/mol. The highest BCUT2D eigenvalue weighted by Crippen LogP contribution is 2.68. The first-order valence-corrected chi connectivity index (χ1v) is 16.9.